The lowest BCUT2D eigenvalue weighted by molar-refractivity contribution is 0.388. The van der Waals surface area contributed by atoms with E-state index in [1.54, 1.807) is 0 Å². The average molecular weight is 511 g/mol. The molecular weight excluding hydrogens is 475 g/mol. The van der Waals surface area contributed by atoms with E-state index in [0.717, 1.165) is 87.9 Å². The number of epoxide rings is 4. The molecule has 4 unspecified atom stereocenters. The third-order valence-corrected chi connectivity index (χ3v) is 8.50. The first kappa shape index (κ1) is 24.3. The highest BCUT2D eigenvalue weighted by atomic mass is 31.1. The number of nitrogens with zero attached hydrogens (tertiary/aromatic N) is 2. The average Bonchev–Trinajstić information content (AvgIpc) is 3.69. The summed E-state index contributed by atoms with van der Waals surface area (Å²) < 4.78 is 35.2. The van der Waals surface area contributed by atoms with E-state index in [1.165, 1.54) is 0 Å². The van der Waals surface area contributed by atoms with Gasteiger partial charge in [0.2, 0.25) is 0 Å². The monoisotopic (exact) mass is 510 g/mol. The predicted octanol–water partition coefficient (Wildman–Crippen LogP) is 4.23. The molecule has 0 bridgehead atoms. The van der Waals surface area contributed by atoms with Crippen LogP contribution in [0.25, 0.3) is 0 Å². The lowest BCUT2D eigenvalue weighted by Gasteiger charge is -2.32. The van der Waals surface area contributed by atoms with Gasteiger partial charge < -0.3 is 28.7 Å². The molecule has 0 amide bonds. The molecule has 4 aliphatic heterocycles. The van der Waals surface area contributed by atoms with Gasteiger partial charge in [0.25, 0.3) is 0 Å². The van der Waals surface area contributed by atoms with Gasteiger partial charge in [-0.3, -0.25) is 4.57 Å². The van der Waals surface area contributed by atoms with Gasteiger partial charge in [0.15, 0.2) is 8.46 Å². The highest BCUT2D eigenvalue weighted by Gasteiger charge is 2.37. The zero-order valence-electron chi connectivity index (χ0n) is 20.9. The number of hydrogen-bond acceptors (Lipinski definition) is 7. The van der Waals surface area contributed by atoms with Gasteiger partial charge in [-0.05, 0) is 41.8 Å². The Morgan fingerprint density at radius 3 is 1.44 bits per heavy atom. The van der Waals surface area contributed by atoms with E-state index in [-0.39, 0.29) is 8.46 Å². The van der Waals surface area contributed by atoms with E-state index in [2.05, 4.69) is 65.3 Å². The summed E-state index contributed by atoms with van der Waals surface area (Å²) in [6.45, 7) is 8.88. The maximum atomic E-state index is 13.1. The SMILES string of the molecule is CCCC(P=O)(c1cccc(N(CC2CO2)CC2CO2)c1)c1cccc(N(CC2CO2)CC2CO2)c1. The van der Waals surface area contributed by atoms with Gasteiger partial charge in [-0.1, -0.05) is 37.6 Å². The van der Waals surface area contributed by atoms with Crippen LogP contribution >= 0.6 is 8.46 Å². The van der Waals surface area contributed by atoms with Crippen molar-refractivity contribution in [1.29, 1.82) is 0 Å². The minimum Gasteiger partial charge on any atom is -0.371 e. The second-order valence-corrected chi connectivity index (χ2v) is 11.4. The zero-order chi connectivity index (χ0) is 24.5. The van der Waals surface area contributed by atoms with Gasteiger partial charge in [0.05, 0.1) is 50.8 Å². The molecule has 2 aromatic rings. The second-order valence-electron chi connectivity index (χ2n) is 10.4. The standard InChI is InChI=1S/C28H35N2O5P/c1-2-9-28(36-31,20-5-3-7-22(10-20)29(12-24-16-32-24)13-25-17-33-25)21-6-4-8-23(11-21)30(14-26-18-34-26)15-27-19-35-27/h3-8,10-11,24-27H,2,9,12-19H2,1H3. The van der Waals surface area contributed by atoms with Crippen molar-refractivity contribution in [3.8, 4) is 0 Å². The molecule has 0 spiro atoms. The van der Waals surface area contributed by atoms with E-state index in [0.29, 0.717) is 24.4 Å². The molecule has 0 radical (unpaired) electrons. The Bertz CT molecular complexity index is 964. The van der Waals surface area contributed by atoms with Gasteiger partial charge in [-0.25, -0.2) is 0 Å². The maximum Gasteiger partial charge on any atom is 0.171 e. The Morgan fingerprint density at radius 1 is 0.750 bits per heavy atom. The summed E-state index contributed by atoms with van der Waals surface area (Å²) in [5, 5.41) is -0.615. The molecule has 7 nitrogen and oxygen atoms in total. The number of rotatable bonds is 15. The van der Waals surface area contributed by atoms with E-state index < -0.39 is 5.16 Å². The first-order chi connectivity index (χ1) is 17.7. The smallest absolute Gasteiger partial charge is 0.171 e. The lowest BCUT2D eigenvalue weighted by atomic mass is 9.85. The molecule has 0 saturated carbocycles. The fraction of sp³-hybridized carbons (Fsp3) is 0.571. The van der Waals surface area contributed by atoms with Crippen molar-refractivity contribution >= 4 is 19.8 Å². The molecule has 2 aromatic carbocycles. The lowest BCUT2D eigenvalue weighted by Crippen LogP contribution is -2.32. The number of hydrogen-bond donors (Lipinski definition) is 0. The molecule has 6 rings (SSSR count). The Kier molecular flexibility index (Phi) is 7.02. The minimum absolute atomic E-state index is 0.108. The largest absolute Gasteiger partial charge is 0.371 e. The summed E-state index contributed by atoms with van der Waals surface area (Å²) in [4.78, 5) is 4.72. The molecule has 4 heterocycles. The van der Waals surface area contributed by atoms with Crippen LogP contribution in [-0.4, -0.2) is 77.0 Å². The molecule has 192 valence electrons. The number of benzene rings is 2. The van der Waals surface area contributed by atoms with E-state index in [4.69, 9.17) is 18.9 Å². The molecule has 8 heteroatoms. The molecule has 0 aromatic heterocycles. The van der Waals surface area contributed by atoms with Crippen molar-refractivity contribution in [2.45, 2.75) is 49.3 Å². The van der Waals surface area contributed by atoms with Crippen LogP contribution in [0.15, 0.2) is 48.5 Å². The van der Waals surface area contributed by atoms with Crippen LogP contribution in [0.2, 0.25) is 0 Å². The normalized spacial score (nSPS) is 27.4. The predicted molar refractivity (Wildman–Crippen MR) is 140 cm³/mol. The maximum absolute atomic E-state index is 13.1. The Balaban J connectivity index is 1.33. The molecule has 0 N–H and O–H groups in total. The fourth-order valence-corrected chi connectivity index (χ4v) is 5.94. The van der Waals surface area contributed by atoms with Crippen molar-refractivity contribution in [3.63, 3.8) is 0 Å². The highest BCUT2D eigenvalue weighted by molar-refractivity contribution is 7.26. The van der Waals surface area contributed by atoms with Gasteiger partial charge >= 0.3 is 0 Å². The van der Waals surface area contributed by atoms with Crippen LogP contribution in [0.1, 0.15) is 30.9 Å². The van der Waals surface area contributed by atoms with Crippen LogP contribution in [-0.2, 0) is 28.7 Å². The molecule has 4 aliphatic rings. The first-order valence-electron chi connectivity index (χ1n) is 13.2. The van der Waals surface area contributed by atoms with Gasteiger partial charge in [0, 0.05) is 37.6 Å². The summed E-state index contributed by atoms with van der Waals surface area (Å²) in [5.41, 5.74) is 4.43. The molecule has 0 aliphatic carbocycles. The summed E-state index contributed by atoms with van der Waals surface area (Å²) in [5.74, 6) is 0. The third-order valence-electron chi connectivity index (χ3n) is 7.45. The van der Waals surface area contributed by atoms with Gasteiger partial charge in [-0.2, -0.15) is 0 Å². The molecular formula is C28H35N2O5P. The quantitative estimate of drug-likeness (QED) is 0.262. The number of ether oxygens (including phenoxy) is 4. The van der Waals surface area contributed by atoms with Crippen LogP contribution < -0.4 is 9.80 Å². The second kappa shape index (κ2) is 10.4. The van der Waals surface area contributed by atoms with E-state index >= 15 is 0 Å². The molecule has 36 heavy (non-hydrogen) atoms. The van der Waals surface area contributed by atoms with E-state index in [1.807, 2.05) is 0 Å². The highest BCUT2D eigenvalue weighted by Crippen LogP contribution is 2.47. The minimum atomic E-state index is -0.615. The summed E-state index contributed by atoms with van der Waals surface area (Å²) in [6.07, 6.45) is 2.88. The molecule has 4 fully saturated rings. The molecule has 4 atom stereocenters. The fourth-order valence-electron chi connectivity index (χ4n) is 5.14. The third kappa shape index (κ3) is 5.76. The van der Waals surface area contributed by atoms with Crippen LogP contribution in [0.4, 0.5) is 11.4 Å². The summed E-state index contributed by atoms with van der Waals surface area (Å²) in [7, 11) is 0.108. The van der Waals surface area contributed by atoms with Gasteiger partial charge in [0.1, 0.15) is 5.16 Å². The molecule has 4 saturated heterocycles. The van der Waals surface area contributed by atoms with Crippen molar-refractivity contribution in [2.24, 2.45) is 0 Å². The van der Waals surface area contributed by atoms with Crippen LogP contribution in [0.3, 0.4) is 0 Å². The topological polar surface area (TPSA) is 73.7 Å². The zero-order valence-corrected chi connectivity index (χ0v) is 21.8. The van der Waals surface area contributed by atoms with Crippen LogP contribution in [0, 0.1) is 0 Å². The van der Waals surface area contributed by atoms with Crippen molar-refractivity contribution in [2.75, 3.05) is 62.4 Å². The Hall–Kier alpha value is -2.02. The van der Waals surface area contributed by atoms with E-state index in [9.17, 15) is 4.57 Å². The first-order valence-corrected chi connectivity index (χ1v) is 14.0. The Morgan fingerprint density at radius 2 is 1.14 bits per heavy atom. The van der Waals surface area contributed by atoms with Crippen molar-refractivity contribution in [3.05, 3.63) is 59.7 Å². The number of anilines is 2. The van der Waals surface area contributed by atoms with Crippen LogP contribution in [0.5, 0.6) is 0 Å². The Labute approximate surface area is 214 Å². The van der Waals surface area contributed by atoms with Crippen molar-refractivity contribution in [1.82, 2.24) is 0 Å². The van der Waals surface area contributed by atoms with Gasteiger partial charge in [-0.15, -0.1) is 0 Å². The summed E-state index contributed by atoms with van der Waals surface area (Å²) >= 11 is 0. The van der Waals surface area contributed by atoms with Crippen molar-refractivity contribution < 1.29 is 23.5 Å². The summed E-state index contributed by atoms with van der Waals surface area (Å²) in [6, 6.07) is 17.2.